The van der Waals surface area contributed by atoms with Crippen molar-refractivity contribution in [2.24, 2.45) is 0 Å². The Morgan fingerprint density at radius 3 is 2.73 bits per heavy atom. The number of Topliss-reactive ketones (excluding diaryl/α,β-unsaturated/α-hetero) is 1. The molecule has 0 amide bonds. The van der Waals surface area contributed by atoms with E-state index in [0.29, 0.717) is 16.1 Å². The first kappa shape index (κ1) is 19.0. The van der Waals surface area contributed by atoms with Gasteiger partial charge >= 0.3 is 0 Å². The summed E-state index contributed by atoms with van der Waals surface area (Å²) in [5.41, 5.74) is 1.09. The fourth-order valence-electron chi connectivity index (χ4n) is 2.67. The van der Waals surface area contributed by atoms with Gasteiger partial charge in [-0.2, -0.15) is 0 Å². The number of rotatable bonds is 5. The van der Waals surface area contributed by atoms with E-state index in [1.807, 2.05) is 0 Å². The molecule has 0 unspecified atom stereocenters. The number of aromatic amines is 1. The lowest BCUT2D eigenvalue weighted by Gasteiger charge is -2.12. The van der Waals surface area contributed by atoms with Crippen LogP contribution < -0.4 is 0 Å². The highest BCUT2D eigenvalue weighted by molar-refractivity contribution is 9.10. The lowest BCUT2D eigenvalue weighted by molar-refractivity contribution is 0.102. The van der Waals surface area contributed by atoms with E-state index in [-0.39, 0.29) is 23.1 Å². The van der Waals surface area contributed by atoms with Crippen molar-refractivity contribution >= 4 is 54.2 Å². The van der Waals surface area contributed by atoms with Crippen LogP contribution in [-0.4, -0.2) is 36.2 Å². The van der Waals surface area contributed by atoms with Crippen LogP contribution in [0.5, 0.6) is 0 Å². The largest absolute Gasteiger partial charge is 0.344 e. The Hall–Kier alpha value is -1.77. The normalized spacial score (nSPS) is 11.8. The lowest BCUT2D eigenvalue weighted by Crippen LogP contribution is -2.17. The minimum Gasteiger partial charge on any atom is -0.344 e. The summed E-state index contributed by atoms with van der Waals surface area (Å²) in [5.74, 6) is -2.04. The third kappa shape index (κ3) is 3.97. The molecule has 9 heteroatoms. The minimum absolute atomic E-state index is 0.00339. The van der Waals surface area contributed by atoms with Crippen LogP contribution in [0, 0.1) is 5.82 Å². The Labute approximate surface area is 162 Å². The molecule has 1 N–H and O–H groups in total. The monoisotopic (exact) mass is 458 g/mol. The number of sulfone groups is 1. The zero-order valence-corrected chi connectivity index (χ0v) is 16.7. The second-order valence-corrected chi connectivity index (χ2v) is 9.38. The number of halogens is 3. The van der Waals surface area contributed by atoms with Crippen LogP contribution in [0.4, 0.5) is 4.39 Å². The second kappa shape index (κ2) is 7.09. The number of fused-ring (bicyclic) bond motifs is 1. The molecule has 0 aliphatic carbocycles. The van der Waals surface area contributed by atoms with Gasteiger partial charge in [0, 0.05) is 33.3 Å². The first-order chi connectivity index (χ1) is 12.2. The van der Waals surface area contributed by atoms with Crippen molar-refractivity contribution in [1.29, 1.82) is 0 Å². The number of nitrogens with one attached hydrogen (secondary N) is 1. The van der Waals surface area contributed by atoms with Gasteiger partial charge in [0.1, 0.15) is 11.3 Å². The van der Waals surface area contributed by atoms with Crippen molar-refractivity contribution < 1.29 is 17.6 Å². The van der Waals surface area contributed by atoms with E-state index < -0.39 is 27.2 Å². The zero-order chi connectivity index (χ0) is 19.1. The van der Waals surface area contributed by atoms with Gasteiger partial charge in [0.15, 0.2) is 21.4 Å². The number of H-pyrrole nitrogens is 1. The van der Waals surface area contributed by atoms with Gasteiger partial charge in [-0.05, 0) is 23.8 Å². The van der Waals surface area contributed by atoms with E-state index in [9.17, 15) is 13.2 Å². The highest BCUT2D eigenvalue weighted by Gasteiger charge is 2.23. The Kier molecular flexibility index (Phi) is 5.18. The molecule has 0 aliphatic heterocycles. The van der Waals surface area contributed by atoms with Gasteiger partial charge in [-0.15, -0.1) is 0 Å². The van der Waals surface area contributed by atoms with Gasteiger partial charge in [0.25, 0.3) is 0 Å². The molecule has 0 atom stereocenters. The van der Waals surface area contributed by atoms with Crippen LogP contribution in [0.15, 0.2) is 35.1 Å². The topological polar surface area (TPSA) is 79.9 Å². The van der Waals surface area contributed by atoms with E-state index in [0.717, 1.165) is 10.7 Å². The number of imidazole rings is 1. The summed E-state index contributed by atoms with van der Waals surface area (Å²) in [6.07, 6.45) is 2.31. The highest BCUT2D eigenvalue weighted by Crippen LogP contribution is 2.29. The average molecular weight is 460 g/mol. The molecule has 0 bridgehead atoms. The summed E-state index contributed by atoms with van der Waals surface area (Å²) in [6.45, 7) is 0. The van der Waals surface area contributed by atoms with Gasteiger partial charge in [-0.25, -0.2) is 17.8 Å². The molecule has 26 heavy (non-hydrogen) atoms. The third-order valence-electron chi connectivity index (χ3n) is 3.83. The van der Waals surface area contributed by atoms with Crippen LogP contribution in [0.3, 0.4) is 0 Å². The van der Waals surface area contributed by atoms with Crippen LogP contribution in [0.2, 0.25) is 5.02 Å². The SMILES string of the molecule is CS(=O)(=O)CC(=O)c1cc2[nH]cnc2c(F)c1Cc1ccc(Br)cc1Cl. The van der Waals surface area contributed by atoms with Crippen molar-refractivity contribution in [3.63, 3.8) is 0 Å². The molecule has 0 spiro atoms. The van der Waals surface area contributed by atoms with Crippen LogP contribution in [-0.2, 0) is 16.3 Å². The number of hydrogen-bond donors (Lipinski definition) is 1. The van der Waals surface area contributed by atoms with Crippen molar-refractivity contribution in [2.45, 2.75) is 6.42 Å². The average Bonchev–Trinajstić information content (AvgIpc) is 2.99. The molecule has 1 heterocycles. The molecule has 136 valence electrons. The number of ketones is 1. The molecule has 2 aromatic carbocycles. The molecule has 0 saturated carbocycles. The third-order valence-corrected chi connectivity index (χ3v) is 5.46. The Balaban J connectivity index is 2.16. The smallest absolute Gasteiger partial charge is 0.178 e. The summed E-state index contributed by atoms with van der Waals surface area (Å²) in [4.78, 5) is 19.2. The predicted octanol–water partition coefficient (Wildman–Crippen LogP) is 3.94. The van der Waals surface area contributed by atoms with E-state index in [2.05, 4.69) is 25.9 Å². The predicted molar refractivity (Wildman–Crippen MR) is 102 cm³/mol. The first-order valence-corrected chi connectivity index (χ1v) is 10.7. The standard InChI is InChI=1S/C17H13BrClFN2O3S/c1-26(24,25)7-15(23)11-6-14-17(22-8-21-14)16(20)12(11)4-9-2-3-10(18)5-13(9)19/h2-3,5-6,8H,4,7H2,1H3,(H,21,22). The maximum absolute atomic E-state index is 15.0. The lowest BCUT2D eigenvalue weighted by atomic mass is 9.96. The molecule has 5 nitrogen and oxygen atoms in total. The molecular weight excluding hydrogens is 447 g/mol. The van der Waals surface area contributed by atoms with Crippen molar-refractivity contribution in [3.8, 4) is 0 Å². The number of carbonyl (C=O) groups excluding carboxylic acids is 1. The number of nitrogens with zero attached hydrogens (tertiary/aromatic N) is 1. The van der Waals surface area contributed by atoms with Crippen LogP contribution in [0.1, 0.15) is 21.5 Å². The zero-order valence-electron chi connectivity index (χ0n) is 13.5. The van der Waals surface area contributed by atoms with Crippen LogP contribution in [0.25, 0.3) is 11.0 Å². The number of hydrogen-bond acceptors (Lipinski definition) is 4. The van der Waals surface area contributed by atoms with Gasteiger partial charge in [0.2, 0.25) is 0 Å². The summed E-state index contributed by atoms with van der Waals surface area (Å²) < 4.78 is 38.8. The Morgan fingerprint density at radius 1 is 1.35 bits per heavy atom. The van der Waals surface area contributed by atoms with Crippen molar-refractivity contribution in [1.82, 2.24) is 9.97 Å². The Bertz CT molecular complexity index is 1130. The van der Waals surface area contributed by atoms with Gasteiger partial charge in [-0.3, -0.25) is 4.79 Å². The molecule has 0 saturated heterocycles. The first-order valence-electron chi connectivity index (χ1n) is 7.45. The summed E-state index contributed by atoms with van der Waals surface area (Å²) in [6, 6.07) is 6.57. The van der Waals surface area contributed by atoms with Crippen LogP contribution >= 0.6 is 27.5 Å². The summed E-state index contributed by atoms with van der Waals surface area (Å²) in [7, 11) is -3.56. The quantitative estimate of drug-likeness (QED) is 0.586. The van der Waals surface area contributed by atoms with Gasteiger partial charge in [-0.1, -0.05) is 33.6 Å². The molecule has 0 fully saturated rings. The Morgan fingerprint density at radius 2 is 2.08 bits per heavy atom. The molecule has 0 aliphatic rings. The summed E-state index contributed by atoms with van der Waals surface area (Å²) >= 11 is 9.51. The second-order valence-electron chi connectivity index (χ2n) is 5.92. The fourth-order valence-corrected chi connectivity index (χ4v) is 4.05. The maximum atomic E-state index is 15.0. The maximum Gasteiger partial charge on any atom is 0.178 e. The molecule has 1 aromatic heterocycles. The molecule has 0 radical (unpaired) electrons. The van der Waals surface area contributed by atoms with Crippen molar-refractivity contribution in [2.75, 3.05) is 12.0 Å². The fraction of sp³-hybridized carbons (Fsp3) is 0.176. The van der Waals surface area contributed by atoms with Gasteiger partial charge < -0.3 is 4.98 Å². The molecule has 3 rings (SSSR count). The number of benzene rings is 2. The molecule has 3 aromatic rings. The molecular formula is C17H13BrClFN2O3S. The van der Waals surface area contributed by atoms with E-state index in [1.54, 1.807) is 18.2 Å². The van der Waals surface area contributed by atoms with Crippen molar-refractivity contribution in [3.05, 3.63) is 62.6 Å². The van der Waals surface area contributed by atoms with E-state index in [4.69, 9.17) is 11.6 Å². The van der Waals surface area contributed by atoms with E-state index in [1.165, 1.54) is 12.4 Å². The summed E-state index contributed by atoms with van der Waals surface area (Å²) in [5, 5.41) is 0.405. The van der Waals surface area contributed by atoms with Gasteiger partial charge in [0.05, 0.1) is 11.8 Å². The van der Waals surface area contributed by atoms with E-state index >= 15 is 4.39 Å². The minimum atomic E-state index is -3.56. The number of carbonyl (C=O) groups is 1. The number of aromatic nitrogens is 2. The highest BCUT2D eigenvalue weighted by atomic mass is 79.9.